The van der Waals surface area contributed by atoms with Gasteiger partial charge in [0.15, 0.2) is 11.6 Å². The van der Waals surface area contributed by atoms with E-state index < -0.39 is 5.82 Å². The van der Waals surface area contributed by atoms with E-state index in [1.807, 2.05) is 29.2 Å². The summed E-state index contributed by atoms with van der Waals surface area (Å²) in [5, 5.41) is 2.93. The molecule has 2 rings (SSSR count). The van der Waals surface area contributed by atoms with Gasteiger partial charge in [-0.05, 0) is 30.2 Å². The molecule has 0 atom stereocenters. The van der Waals surface area contributed by atoms with Crippen LogP contribution < -0.4 is 14.8 Å². The number of ether oxygens (including phenoxy) is 3. The summed E-state index contributed by atoms with van der Waals surface area (Å²) in [4.78, 5) is 14.2. The third-order valence-corrected chi connectivity index (χ3v) is 4.39. The van der Waals surface area contributed by atoms with Crippen LogP contribution in [0.4, 0.5) is 4.39 Å². The number of halogens is 1. The topological polar surface area (TPSA) is 60.0 Å². The second-order valence-corrected chi connectivity index (χ2v) is 6.46. The first kappa shape index (κ1) is 22.6. The fourth-order valence-corrected chi connectivity index (χ4v) is 2.84. The summed E-state index contributed by atoms with van der Waals surface area (Å²) in [5.74, 6) is 0.543. The van der Waals surface area contributed by atoms with Crippen molar-refractivity contribution in [2.75, 3.05) is 53.6 Å². The van der Waals surface area contributed by atoms with Crippen LogP contribution in [0.25, 0.3) is 0 Å². The van der Waals surface area contributed by atoms with Gasteiger partial charge in [0.25, 0.3) is 0 Å². The van der Waals surface area contributed by atoms with Gasteiger partial charge >= 0.3 is 0 Å². The van der Waals surface area contributed by atoms with Crippen LogP contribution in [-0.4, -0.2) is 64.4 Å². The molecule has 1 N–H and O–H groups in total. The number of hydrogen-bond acceptors (Lipinski definition) is 5. The van der Waals surface area contributed by atoms with Crippen LogP contribution in [0.15, 0.2) is 48.5 Å². The summed E-state index contributed by atoms with van der Waals surface area (Å²) in [6.07, 6.45) is 0.685. The zero-order chi connectivity index (χ0) is 20.9. The molecule has 0 spiro atoms. The number of nitrogens with one attached hydrogen (secondary N) is 1. The third kappa shape index (κ3) is 8.09. The molecule has 7 heteroatoms. The van der Waals surface area contributed by atoms with Crippen molar-refractivity contribution in [3.8, 4) is 11.5 Å². The molecular formula is C22H29FN2O4. The van der Waals surface area contributed by atoms with Crippen LogP contribution in [0, 0.1) is 5.82 Å². The average molecular weight is 404 g/mol. The predicted molar refractivity (Wildman–Crippen MR) is 110 cm³/mol. The van der Waals surface area contributed by atoms with Crippen LogP contribution in [0.5, 0.6) is 11.5 Å². The number of hydrogen-bond donors (Lipinski definition) is 1. The number of benzene rings is 2. The first-order valence-electron chi connectivity index (χ1n) is 9.61. The Kier molecular flexibility index (Phi) is 9.95. The van der Waals surface area contributed by atoms with Crippen molar-refractivity contribution in [2.24, 2.45) is 0 Å². The second-order valence-electron chi connectivity index (χ2n) is 6.46. The van der Waals surface area contributed by atoms with Crippen molar-refractivity contribution < 1.29 is 23.4 Å². The van der Waals surface area contributed by atoms with Gasteiger partial charge in [0.1, 0.15) is 12.4 Å². The fourth-order valence-electron chi connectivity index (χ4n) is 2.84. The minimum Gasteiger partial charge on any atom is -0.496 e. The lowest BCUT2D eigenvalue weighted by Gasteiger charge is -2.21. The highest BCUT2D eigenvalue weighted by molar-refractivity contribution is 5.78. The highest BCUT2D eigenvalue weighted by atomic mass is 19.1. The summed E-state index contributed by atoms with van der Waals surface area (Å²) in [6.45, 7) is 2.57. The standard InChI is InChI=1S/C22H29FN2O4/c1-27-15-13-25(14-16-29-21-10-6-4-8-19(21)23)17-22(26)24-12-11-18-7-3-5-9-20(18)28-2/h3-10H,11-17H2,1-2H3,(H,24,26). The molecular weight excluding hydrogens is 375 g/mol. The summed E-state index contributed by atoms with van der Waals surface area (Å²) in [7, 11) is 3.25. The zero-order valence-electron chi connectivity index (χ0n) is 17.0. The van der Waals surface area contributed by atoms with Crippen molar-refractivity contribution in [2.45, 2.75) is 6.42 Å². The molecule has 0 aliphatic carbocycles. The van der Waals surface area contributed by atoms with E-state index in [9.17, 15) is 9.18 Å². The molecule has 2 aromatic carbocycles. The van der Waals surface area contributed by atoms with E-state index in [2.05, 4.69) is 5.32 Å². The first-order valence-corrected chi connectivity index (χ1v) is 9.61. The SMILES string of the molecule is COCCN(CCOc1ccccc1F)CC(=O)NCCc1ccccc1OC. The Morgan fingerprint density at radius 3 is 2.41 bits per heavy atom. The lowest BCUT2D eigenvalue weighted by Crippen LogP contribution is -2.41. The lowest BCUT2D eigenvalue weighted by atomic mass is 10.1. The van der Waals surface area contributed by atoms with Gasteiger partial charge in [-0.25, -0.2) is 4.39 Å². The Morgan fingerprint density at radius 1 is 1.00 bits per heavy atom. The zero-order valence-corrected chi connectivity index (χ0v) is 17.0. The number of carbonyl (C=O) groups is 1. The van der Waals surface area contributed by atoms with Crippen LogP contribution >= 0.6 is 0 Å². The van der Waals surface area contributed by atoms with Crippen molar-refractivity contribution in [1.29, 1.82) is 0 Å². The van der Waals surface area contributed by atoms with E-state index in [4.69, 9.17) is 14.2 Å². The summed E-state index contributed by atoms with van der Waals surface area (Å²) in [5.41, 5.74) is 1.05. The Balaban J connectivity index is 1.77. The molecule has 0 bridgehead atoms. The van der Waals surface area contributed by atoms with Gasteiger partial charge in [0, 0.05) is 26.7 Å². The molecule has 0 aliphatic rings. The lowest BCUT2D eigenvalue weighted by molar-refractivity contribution is -0.122. The molecule has 1 amide bonds. The molecule has 2 aromatic rings. The maximum atomic E-state index is 13.6. The molecule has 6 nitrogen and oxygen atoms in total. The minimum atomic E-state index is -0.398. The van der Waals surface area contributed by atoms with Crippen LogP contribution in [0.3, 0.4) is 0 Å². The van der Waals surface area contributed by atoms with Gasteiger partial charge in [-0.3, -0.25) is 9.69 Å². The van der Waals surface area contributed by atoms with Crippen molar-refractivity contribution in [1.82, 2.24) is 10.2 Å². The van der Waals surface area contributed by atoms with Gasteiger partial charge in [-0.15, -0.1) is 0 Å². The maximum Gasteiger partial charge on any atom is 0.234 e. The summed E-state index contributed by atoms with van der Waals surface area (Å²) >= 11 is 0. The largest absolute Gasteiger partial charge is 0.496 e. The van der Waals surface area contributed by atoms with Gasteiger partial charge in [0.05, 0.1) is 20.3 Å². The highest BCUT2D eigenvalue weighted by Gasteiger charge is 2.12. The molecule has 0 aliphatic heterocycles. The van der Waals surface area contributed by atoms with E-state index in [0.29, 0.717) is 32.7 Å². The van der Waals surface area contributed by atoms with E-state index in [1.165, 1.54) is 6.07 Å². The van der Waals surface area contributed by atoms with E-state index >= 15 is 0 Å². The summed E-state index contributed by atoms with van der Waals surface area (Å²) < 4.78 is 29.6. The minimum absolute atomic E-state index is 0.0816. The molecule has 0 saturated carbocycles. The average Bonchev–Trinajstić information content (AvgIpc) is 2.73. The first-order chi connectivity index (χ1) is 14.1. The third-order valence-electron chi connectivity index (χ3n) is 4.39. The molecule has 0 unspecified atom stereocenters. The molecule has 0 saturated heterocycles. The van der Waals surface area contributed by atoms with Crippen LogP contribution in [-0.2, 0) is 16.0 Å². The summed E-state index contributed by atoms with van der Waals surface area (Å²) in [6, 6.07) is 14.0. The van der Waals surface area contributed by atoms with E-state index in [1.54, 1.807) is 32.4 Å². The number of amides is 1. The van der Waals surface area contributed by atoms with Gasteiger partial charge < -0.3 is 19.5 Å². The molecule has 0 heterocycles. The second kappa shape index (κ2) is 12.7. The quantitative estimate of drug-likeness (QED) is 0.556. The monoisotopic (exact) mass is 404 g/mol. The Morgan fingerprint density at radius 2 is 1.69 bits per heavy atom. The smallest absolute Gasteiger partial charge is 0.234 e. The Bertz CT molecular complexity index is 757. The number of para-hydroxylation sites is 2. The number of methoxy groups -OCH3 is 2. The molecule has 0 fully saturated rings. The normalized spacial score (nSPS) is 10.8. The van der Waals surface area contributed by atoms with Gasteiger partial charge in [0.2, 0.25) is 5.91 Å². The Labute approximate surface area is 171 Å². The number of rotatable bonds is 13. The molecule has 29 heavy (non-hydrogen) atoms. The molecule has 158 valence electrons. The number of nitrogens with zero attached hydrogens (tertiary/aromatic N) is 1. The van der Waals surface area contributed by atoms with Crippen molar-refractivity contribution in [3.05, 3.63) is 59.9 Å². The van der Waals surface area contributed by atoms with Crippen LogP contribution in [0.2, 0.25) is 0 Å². The van der Waals surface area contributed by atoms with Crippen LogP contribution in [0.1, 0.15) is 5.56 Å². The molecule has 0 aromatic heterocycles. The fraction of sp³-hybridized carbons (Fsp3) is 0.409. The maximum absolute atomic E-state index is 13.6. The van der Waals surface area contributed by atoms with Crippen molar-refractivity contribution in [3.63, 3.8) is 0 Å². The van der Waals surface area contributed by atoms with E-state index in [-0.39, 0.29) is 24.8 Å². The van der Waals surface area contributed by atoms with Crippen molar-refractivity contribution >= 4 is 5.91 Å². The van der Waals surface area contributed by atoms with Gasteiger partial charge in [-0.2, -0.15) is 0 Å². The highest BCUT2D eigenvalue weighted by Crippen LogP contribution is 2.17. The Hall–Kier alpha value is -2.64. The van der Waals surface area contributed by atoms with E-state index in [0.717, 1.165) is 11.3 Å². The molecule has 0 radical (unpaired) electrons. The predicted octanol–water partition coefficient (Wildman–Crippen LogP) is 2.52. The number of carbonyl (C=O) groups excluding carboxylic acids is 1. The van der Waals surface area contributed by atoms with Gasteiger partial charge in [-0.1, -0.05) is 30.3 Å².